The molecule has 5 N–H and O–H groups in total. The summed E-state index contributed by atoms with van der Waals surface area (Å²) in [6.45, 7) is 6.27. The highest BCUT2D eigenvalue weighted by Gasteiger charge is 1.99. The number of nitrogens with two attached hydrogens (primary N) is 2. The summed E-state index contributed by atoms with van der Waals surface area (Å²) in [5.41, 5.74) is 9.93. The van der Waals surface area contributed by atoms with Crippen LogP contribution in [-0.4, -0.2) is 23.0 Å². The van der Waals surface area contributed by atoms with E-state index in [1.807, 2.05) is 0 Å². The standard InChI is InChI=1S/C4H7NO.C3H7NO2/c1-3(2)4(5)6;1-2(4)3(5)6/h1H2,2H3,(H2,5,6);2H,4H2,1H3,(H,5,6)/t;2-/m.0/s1. The van der Waals surface area contributed by atoms with Crippen molar-refractivity contribution >= 4 is 11.9 Å². The van der Waals surface area contributed by atoms with Gasteiger partial charge in [0.25, 0.3) is 0 Å². The van der Waals surface area contributed by atoms with E-state index in [1.165, 1.54) is 6.92 Å². The van der Waals surface area contributed by atoms with E-state index in [1.54, 1.807) is 6.92 Å². The van der Waals surface area contributed by atoms with Crippen molar-refractivity contribution in [3.05, 3.63) is 12.2 Å². The summed E-state index contributed by atoms with van der Waals surface area (Å²) in [7, 11) is 0. The maximum Gasteiger partial charge on any atom is 0.320 e. The van der Waals surface area contributed by atoms with Crippen molar-refractivity contribution in [2.75, 3.05) is 0 Å². The van der Waals surface area contributed by atoms with Crippen LogP contribution in [-0.2, 0) is 9.59 Å². The molecule has 0 aromatic heterocycles. The molecule has 70 valence electrons. The number of primary amides is 1. The first kappa shape index (κ1) is 13.2. The molecule has 1 atom stereocenters. The number of carbonyl (C=O) groups is 2. The van der Waals surface area contributed by atoms with Gasteiger partial charge < -0.3 is 16.6 Å². The fourth-order valence-corrected chi connectivity index (χ4v) is 0. The molecule has 0 aliphatic heterocycles. The molecule has 0 bridgehead atoms. The molecule has 0 fully saturated rings. The second-order valence-electron chi connectivity index (χ2n) is 2.27. The van der Waals surface area contributed by atoms with Gasteiger partial charge >= 0.3 is 5.97 Å². The van der Waals surface area contributed by atoms with Gasteiger partial charge in [0.15, 0.2) is 0 Å². The molecule has 0 aromatic rings. The number of hydrogen-bond donors (Lipinski definition) is 3. The highest BCUT2D eigenvalue weighted by molar-refractivity contribution is 5.90. The maximum atomic E-state index is 9.82. The second-order valence-corrected chi connectivity index (χ2v) is 2.27. The Labute approximate surface area is 71.0 Å². The molecule has 1 amide bonds. The molecule has 0 saturated heterocycles. The Morgan fingerprint density at radius 2 is 1.67 bits per heavy atom. The summed E-state index contributed by atoms with van der Waals surface area (Å²) >= 11 is 0. The molecule has 0 unspecified atom stereocenters. The monoisotopic (exact) mass is 174 g/mol. The summed E-state index contributed by atoms with van der Waals surface area (Å²) in [6, 6.07) is -0.731. The minimum atomic E-state index is -0.963. The largest absolute Gasteiger partial charge is 0.480 e. The van der Waals surface area contributed by atoms with Crippen LogP contribution in [0.15, 0.2) is 12.2 Å². The van der Waals surface area contributed by atoms with Crippen LogP contribution in [0.25, 0.3) is 0 Å². The lowest BCUT2D eigenvalue weighted by molar-refractivity contribution is -0.138. The van der Waals surface area contributed by atoms with Gasteiger partial charge in [0.2, 0.25) is 5.91 Å². The Kier molecular flexibility index (Phi) is 7.02. The van der Waals surface area contributed by atoms with Crippen LogP contribution >= 0.6 is 0 Å². The third-order valence-electron chi connectivity index (χ3n) is 0.810. The van der Waals surface area contributed by atoms with E-state index in [2.05, 4.69) is 6.58 Å². The summed E-state index contributed by atoms with van der Waals surface area (Å²) in [6.07, 6.45) is 0. The quantitative estimate of drug-likeness (QED) is 0.489. The predicted molar refractivity (Wildman–Crippen MR) is 45.3 cm³/mol. The van der Waals surface area contributed by atoms with Crippen molar-refractivity contribution < 1.29 is 14.7 Å². The lowest BCUT2D eigenvalue weighted by Gasteiger charge is -1.90. The maximum absolute atomic E-state index is 9.82. The first-order valence-electron chi connectivity index (χ1n) is 3.22. The Morgan fingerprint density at radius 3 is 1.67 bits per heavy atom. The molecule has 0 heterocycles. The van der Waals surface area contributed by atoms with Gasteiger partial charge in [0, 0.05) is 5.57 Å². The van der Waals surface area contributed by atoms with Crippen LogP contribution < -0.4 is 11.5 Å². The van der Waals surface area contributed by atoms with E-state index in [0.717, 1.165) is 0 Å². The Balaban J connectivity index is 0. The smallest absolute Gasteiger partial charge is 0.320 e. The Bertz CT molecular complexity index is 175. The number of rotatable bonds is 2. The van der Waals surface area contributed by atoms with Gasteiger partial charge in [-0.05, 0) is 13.8 Å². The second kappa shape index (κ2) is 6.36. The van der Waals surface area contributed by atoms with Gasteiger partial charge in [-0.3, -0.25) is 9.59 Å². The van der Waals surface area contributed by atoms with Crippen molar-refractivity contribution in [1.82, 2.24) is 0 Å². The zero-order chi connectivity index (χ0) is 10.3. The van der Waals surface area contributed by atoms with Crippen molar-refractivity contribution in [3.63, 3.8) is 0 Å². The van der Waals surface area contributed by atoms with E-state index in [9.17, 15) is 9.59 Å². The molecule has 12 heavy (non-hydrogen) atoms. The van der Waals surface area contributed by atoms with Gasteiger partial charge in [0.05, 0.1) is 0 Å². The lowest BCUT2D eigenvalue weighted by atomic mass is 10.3. The zero-order valence-corrected chi connectivity index (χ0v) is 7.20. The van der Waals surface area contributed by atoms with Crippen molar-refractivity contribution in [2.24, 2.45) is 11.5 Å². The van der Waals surface area contributed by atoms with E-state index in [4.69, 9.17) is 16.6 Å². The van der Waals surface area contributed by atoms with Gasteiger partial charge in [0.1, 0.15) is 6.04 Å². The normalized spacial score (nSPS) is 10.6. The lowest BCUT2D eigenvalue weighted by Crippen LogP contribution is -2.25. The number of carbonyl (C=O) groups excluding carboxylic acids is 1. The SMILES string of the molecule is C=C(C)C(N)=O.C[C@H](N)C(=O)O. The molecule has 0 spiro atoms. The molecule has 0 radical (unpaired) electrons. The third kappa shape index (κ3) is 11.4. The molecule has 5 heteroatoms. The molecule has 0 saturated carbocycles. The third-order valence-corrected chi connectivity index (χ3v) is 0.810. The summed E-state index contributed by atoms with van der Waals surface area (Å²) in [4.78, 5) is 19.4. The fraction of sp³-hybridized carbons (Fsp3) is 0.429. The van der Waals surface area contributed by atoms with Gasteiger partial charge in [-0.15, -0.1) is 0 Å². The number of amides is 1. The number of aliphatic carboxylic acids is 1. The number of carboxylic acids is 1. The van der Waals surface area contributed by atoms with Crippen LogP contribution in [0.2, 0.25) is 0 Å². The predicted octanol–water partition coefficient (Wildman–Crippen LogP) is -0.534. The van der Waals surface area contributed by atoms with Crippen molar-refractivity contribution in [2.45, 2.75) is 19.9 Å². The summed E-state index contributed by atoms with van der Waals surface area (Å²) in [5, 5.41) is 7.87. The van der Waals surface area contributed by atoms with Crippen molar-refractivity contribution in [3.8, 4) is 0 Å². The van der Waals surface area contributed by atoms with Crippen LogP contribution in [0.1, 0.15) is 13.8 Å². The van der Waals surface area contributed by atoms with Crippen LogP contribution in [0.3, 0.4) is 0 Å². The molecule has 0 aliphatic rings. The van der Waals surface area contributed by atoms with Crippen LogP contribution in [0.5, 0.6) is 0 Å². The topological polar surface area (TPSA) is 106 Å². The molecular weight excluding hydrogens is 160 g/mol. The summed E-state index contributed by atoms with van der Waals surface area (Å²) in [5.74, 6) is -1.40. The zero-order valence-electron chi connectivity index (χ0n) is 7.20. The van der Waals surface area contributed by atoms with Gasteiger partial charge in [-0.25, -0.2) is 0 Å². The van der Waals surface area contributed by atoms with Crippen LogP contribution in [0, 0.1) is 0 Å². The minimum Gasteiger partial charge on any atom is -0.480 e. The molecule has 0 rings (SSSR count). The van der Waals surface area contributed by atoms with Gasteiger partial charge in [-0.2, -0.15) is 0 Å². The van der Waals surface area contributed by atoms with E-state index in [-0.39, 0.29) is 0 Å². The molecule has 0 aliphatic carbocycles. The Morgan fingerprint density at radius 1 is 1.50 bits per heavy atom. The fourth-order valence-electron chi connectivity index (χ4n) is 0. The Hall–Kier alpha value is -1.36. The van der Waals surface area contributed by atoms with E-state index in [0.29, 0.717) is 5.57 Å². The number of carboxylic acid groups (broad SMARTS) is 1. The highest BCUT2D eigenvalue weighted by Crippen LogP contribution is 1.78. The minimum absolute atomic E-state index is 0.398. The molecular formula is C7H14N2O3. The summed E-state index contributed by atoms with van der Waals surface area (Å²) < 4.78 is 0. The first-order valence-corrected chi connectivity index (χ1v) is 3.22. The average Bonchev–Trinajstić information content (AvgIpc) is 1.88. The first-order chi connectivity index (χ1) is 5.29. The average molecular weight is 174 g/mol. The number of hydrogen-bond acceptors (Lipinski definition) is 3. The van der Waals surface area contributed by atoms with Gasteiger partial charge in [-0.1, -0.05) is 6.58 Å². The van der Waals surface area contributed by atoms with E-state index < -0.39 is 17.9 Å². The van der Waals surface area contributed by atoms with Crippen LogP contribution in [0.4, 0.5) is 0 Å². The molecule has 0 aromatic carbocycles. The van der Waals surface area contributed by atoms with E-state index >= 15 is 0 Å². The highest BCUT2D eigenvalue weighted by atomic mass is 16.4. The molecule has 5 nitrogen and oxygen atoms in total. The van der Waals surface area contributed by atoms with Crippen molar-refractivity contribution in [1.29, 1.82) is 0 Å².